The predicted octanol–water partition coefficient (Wildman–Crippen LogP) is 10.4. The number of thiophene rings is 1. The molecule has 6 aromatic carbocycles. The topological polar surface area (TPSA) is 0 Å². The van der Waals surface area contributed by atoms with Gasteiger partial charge in [-0.25, -0.2) is 0 Å². The lowest BCUT2D eigenvalue weighted by Crippen LogP contribution is -2.08. The highest BCUT2D eigenvalue weighted by Gasteiger charge is 2.29. The van der Waals surface area contributed by atoms with Gasteiger partial charge < -0.3 is 0 Å². The Bertz CT molecular complexity index is 2360. The van der Waals surface area contributed by atoms with E-state index in [1.54, 1.807) is 0 Å². The van der Waals surface area contributed by atoms with Crippen molar-refractivity contribution in [3.8, 4) is 22.3 Å². The van der Waals surface area contributed by atoms with Gasteiger partial charge in [-0.2, -0.15) is 0 Å². The molecule has 0 fully saturated rings. The van der Waals surface area contributed by atoms with Crippen molar-refractivity contribution in [1.29, 1.82) is 0 Å². The van der Waals surface area contributed by atoms with Crippen LogP contribution in [0.3, 0.4) is 0 Å². The van der Waals surface area contributed by atoms with E-state index in [0.29, 0.717) is 0 Å². The second kappa shape index (κ2) is 9.39. The Morgan fingerprint density at radius 2 is 0.733 bits per heavy atom. The minimum Gasteiger partial charge on any atom is -0.134 e. The van der Waals surface area contributed by atoms with Gasteiger partial charge in [0.1, 0.15) is 0 Å². The minimum atomic E-state index is 1.32. The first-order valence-electron chi connectivity index (χ1n) is 15.9. The van der Waals surface area contributed by atoms with E-state index in [4.69, 9.17) is 0 Å². The van der Waals surface area contributed by atoms with Crippen LogP contribution in [0, 0.1) is 41.5 Å². The zero-order valence-electron chi connectivity index (χ0n) is 26.6. The molecule has 0 nitrogen and oxygen atoms in total. The third kappa shape index (κ3) is 3.59. The summed E-state index contributed by atoms with van der Waals surface area (Å²) in [5, 5.41) is 5.44. The molecule has 0 saturated carbocycles. The van der Waals surface area contributed by atoms with Crippen molar-refractivity contribution >= 4 is 42.7 Å². The molecule has 0 saturated heterocycles. The lowest BCUT2D eigenvalue weighted by atomic mass is 9.90. The van der Waals surface area contributed by atoms with Gasteiger partial charge in [-0.05, 0) is 119 Å². The first-order valence-corrected chi connectivity index (χ1v) is 16.8. The van der Waals surface area contributed by atoms with Crippen LogP contribution in [-0.2, 0) is 0 Å². The number of benzene rings is 6. The van der Waals surface area contributed by atoms with Crippen molar-refractivity contribution in [1.82, 2.24) is 0 Å². The minimum absolute atomic E-state index is 1.32. The average molecular weight is 595 g/mol. The van der Waals surface area contributed by atoms with E-state index >= 15 is 0 Å². The van der Waals surface area contributed by atoms with E-state index in [-0.39, 0.29) is 0 Å². The molecule has 0 aliphatic heterocycles. The first-order chi connectivity index (χ1) is 21.8. The molecule has 9 rings (SSSR count). The predicted molar refractivity (Wildman–Crippen MR) is 194 cm³/mol. The normalized spacial score (nSPS) is 13.0. The van der Waals surface area contributed by atoms with E-state index in [2.05, 4.69) is 139 Å². The van der Waals surface area contributed by atoms with Gasteiger partial charge in [0.05, 0.1) is 0 Å². The van der Waals surface area contributed by atoms with Gasteiger partial charge in [-0.3, -0.25) is 0 Å². The highest BCUT2D eigenvalue weighted by Crippen LogP contribution is 2.48. The number of fused-ring (bicyclic) bond motifs is 11. The van der Waals surface area contributed by atoms with Gasteiger partial charge in [-0.1, -0.05) is 108 Å². The summed E-state index contributed by atoms with van der Waals surface area (Å²) in [6.07, 6.45) is 0. The Balaban J connectivity index is 1.42. The van der Waals surface area contributed by atoms with Crippen LogP contribution in [-0.4, -0.2) is 0 Å². The Hall–Kier alpha value is -4.72. The summed E-state index contributed by atoms with van der Waals surface area (Å²) in [5.41, 5.74) is 21.8. The Morgan fingerprint density at radius 3 is 1.11 bits per heavy atom. The van der Waals surface area contributed by atoms with Crippen LogP contribution in [0.2, 0.25) is 0 Å². The molecule has 0 bridgehead atoms. The Kier molecular flexibility index (Phi) is 5.57. The van der Waals surface area contributed by atoms with Crippen molar-refractivity contribution in [2.24, 2.45) is 0 Å². The average Bonchev–Trinajstić information content (AvgIpc) is 3.65. The lowest BCUT2D eigenvalue weighted by Gasteiger charge is -2.14. The van der Waals surface area contributed by atoms with Gasteiger partial charge in [0.2, 0.25) is 0 Å². The molecule has 0 N–H and O–H groups in total. The molecule has 216 valence electrons. The molecule has 45 heavy (non-hydrogen) atoms. The number of aryl methyl sites for hydroxylation is 6. The van der Waals surface area contributed by atoms with E-state index in [9.17, 15) is 0 Å². The van der Waals surface area contributed by atoms with E-state index in [1.807, 2.05) is 11.3 Å². The van der Waals surface area contributed by atoms with Crippen molar-refractivity contribution in [2.75, 3.05) is 0 Å². The maximum absolute atomic E-state index is 2.40. The van der Waals surface area contributed by atoms with Gasteiger partial charge in [0.15, 0.2) is 0 Å². The number of hydrogen-bond donors (Lipinski definition) is 0. The molecular formula is C44H34S. The van der Waals surface area contributed by atoms with Gasteiger partial charge in [0, 0.05) is 31.3 Å². The van der Waals surface area contributed by atoms with Crippen LogP contribution in [0.1, 0.15) is 55.6 Å². The van der Waals surface area contributed by atoms with E-state index in [1.165, 1.54) is 120 Å². The number of rotatable bonds is 2. The molecule has 1 aromatic heterocycles. The molecule has 0 unspecified atom stereocenters. The summed E-state index contributed by atoms with van der Waals surface area (Å²) in [7, 11) is 0. The highest BCUT2D eigenvalue weighted by atomic mass is 32.1. The molecule has 0 radical (unpaired) electrons. The van der Waals surface area contributed by atoms with Crippen LogP contribution in [0.5, 0.6) is 0 Å². The SMILES string of the molecule is Cc1cc(C)c(C2=c3ccc4c(sc5c6c(ccc54)=C(c4c(C)cc(C)cc4C)c4ccccc4-6)c3-c3ccccc32)c(C)c1. The van der Waals surface area contributed by atoms with Crippen molar-refractivity contribution in [2.45, 2.75) is 41.5 Å². The zero-order chi connectivity index (χ0) is 30.7. The van der Waals surface area contributed by atoms with Crippen LogP contribution >= 0.6 is 11.3 Å². The molecule has 0 atom stereocenters. The fourth-order valence-electron chi connectivity index (χ4n) is 8.67. The molecule has 1 heteroatoms. The summed E-state index contributed by atoms with van der Waals surface area (Å²) in [6.45, 7) is 13.5. The smallest absolute Gasteiger partial charge is 0.0440 e. The molecule has 7 aromatic rings. The second-order valence-corrected chi connectivity index (χ2v) is 14.2. The van der Waals surface area contributed by atoms with Gasteiger partial charge in [-0.15, -0.1) is 11.3 Å². The summed E-state index contributed by atoms with van der Waals surface area (Å²) >= 11 is 1.99. The standard InChI is InChI=1S/C44H34S/c1-23-19-25(3)37(26(4)20-23)39-29-11-7-9-13-31(29)41-35(39)17-15-33-34-16-18-36-40(38-27(5)21-24(2)22-28(38)6)30-12-8-10-14-32(30)42(36)44(34)45-43(33)41/h7-22H,1-6H3. The molecule has 2 aliphatic carbocycles. The number of hydrogen-bond acceptors (Lipinski definition) is 1. The Labute approximate surface area is 268 Å². The van der Waals surface area contributed by atoms with Gasteiger partial charge >= 0.3 is 0 Å². The first kappa shape index (κ1) is 26.7. The third-order valence-electron chi connectivity index (χ3n) is 10.1. The summed E-state index contributed by atoms with van der Waals surface area (Å²) < 4.78 is 2.80. The molecule has 0 spiro atoms. The zero-order valence-corrected chi connectivity index (χ0v) is 27.5. The van der Waals surface area contributed by atoms with Crippen LogP contribution < -0.4 is 10.4 Å². The fraction of sp³-hybridized carbons (Fsp3) is 0.136. The quantitative estimate of drug-likeness (QED) is 0.187. The van der Waals surface area contributed by atoms with Crippen molar-refractivity contribution in [3.05, 3.63) is 163 Å². The lowest BCUT2D eigenvalue weighted by molar-refractivity contribution is 1.28. The monoisotopic (exact) mass is 594 g/mol. The summed E-state index contributed by atoms with van der Waals surface area (Å²) in [4.78, 5) is 0. The van der Waals surface area contributed by atoms with E-state index < -0.39 is 0 Å². The maximum Gasteiger partial charge on any atom is 0.0440 e. The van der Waals surface area contributed by atoms with Crippen LogP contribution in [0.4, 0.5) is 0 Å². The highest BCUT2D eigenvalue weighted by molar-refractivity contribution is 7.27. The largest absolute Gasteiger partial charge is 0.134 e. The molecule has 1 heterocycles. The Morgan fingerprint density at radius 1 is 0.378 bits per heavy atom. The fourth-order valence-corrected chi connectivity index (χ4v) is 10.1. The molecular weight excluding hydrogens is 561 g/mol. The summed E-state index contributed by atoms with van der Waals surface area (Å²) in [6, 6.07) is 37.0. The summed E-state index contributed by atoms with van der Waals surface area (Å²) in [5.74, 6) is 0. The van der Waals surface area contributed by atoms with Gasteiger partial charge in [0.25, 0.3) is 0 Å². The van der Waals surface area contributed by atoms with Crippen LogP contribution in [0.15, 0.2) is 97.1 Å². The second-order valence-electron chi connectivity index (χ2n) is 13.2. The molecule has 0 amide bonds. The van der Waals surface area contributed by atoms with Crippen LogP contribution in [0.25, 0.3) is 53.6 Å². The van der Waals surface area contributed by atoms with E-state index in [0.717, 1.165) is 0 Å². The maximum atomic E-state index is 2.40. The molecule has 2 aliphatic rings. The van der Waals surface area contributed by atoms with Crippen molar-refractivity contribution in [3.63, 3.8) is 0 Å². The third-order valence-corrected chi connectivity index (χ3v) is 11.4. The van der Waals surface area contributed by atoms with Crippen molar-refractivity contribution < 1.29 is 0 Å².